The van der Waals surface area contributed by atoms with Crippen LogP contribution in [0.3, 0.4) is 0 Å². The molecule has 1 N–H and O–H groups in total. The molecule has 4 aromatic rings. The van der Waals surface area contributed by atoms with Gasteiger partial charge in [0.15, 0.2) is 0 Å². The molecule has 0 spiro atoms. The lowest BCUT2D eigenvalue weighted by Crippen LogP contribution is -2.34. The molecule has 0 aliphatic carbocycles. The van der Waals surface area contributed by atoms with Crippen molar-refractivity contribution in [2.75, 3.05) is 0 Å². The van der Waals surface area contributed by atoms with Crippen molar-refractivity contribution in [3.05, 3.63) is 101 Å². The molecule has 1 heterocycles. The summed E-state index contributed by atoms with van der Waals surface area (Å²) >= 11 is 0. The molecular weight excluding hydrogens is 601 g/mol. The van der Waals surface area contributed by atoms with Crippen LogP contribution in [0.4, 0.5) is 9.18 Å². The molecule has 0 aliphatic rings. The summed E-state index contributed by atoms with van der Waals surface area (Å²) in [7, 11) is 1.88. The van der Waals surface area contributed by atoms with Gasteiger partial charge < -0.3 is 28.8 Å². The quantitative estimate of drug-likeness (QED) is 0.166. The van der Waals surface area contributed by atoms with E-state index < -0.39 is 29.2 Å². The Balaban J connectivity index is 1.62. The number of halogens is 1. The van der Waals surface area contributed by atoms with Gasteiger partial charge in [-0.25, -0.2) is 14.2 Å². The zero-order chi connectivity index (χ0) is 34.4. The van der Waals surface area contributed by atoms with Gasteiger partial charge in [-0.1, -0.05) is 36.4 Å². The second kappa shape index (κ2) is 14.7. The summed E-state index contributed by atoms with van der Waals surface area (Å²) in [5, 5.41) is 2.72. The molecule has 0 unspecified atom stereocenters. The van der Waals surface area contributed by atoms with Crippen LogP contribution >= 0.6 is 0 Å². The van der Waals surface area contributed by atoms with Crippen LogP contribution in [0.5, 0.6) is 11.5 Å². The first-order valence-corrected chi connectivity index (χ1v) is 15.5. The zero-order valence-electron chi connectivity index (χ0n) is 28.3. The van der Waals surface area contributed by atoms with Crippen molar-refractivity contribution in [1.29, 1.82) is 0 Å². The number of aromatic nitrogens is 2. The number of carbonyl (C=O) groups excluding carboxylic acids is 2. The normalized spacial score (nSPS) is 12.3. The Morgan fingerprint density at radius 2 is 1.64 bits per heavy atom. The van der Waals surface area contributed by atoms with Gasteiger partial charge in [0.2, 0.25) is 0 Å². The Hall–Kier alpha value is -4.86. The topological polar surface area (TPSA) is 101 Å². The fraction of sp³-hybridized carbons (Fsp3) is 0.378. The van der Waals surface area contributed by atoms with E-state index in [1.165, 1.54) is 0 Å². The SMILES string of the molecule is C[C@@H](NC(=O)OC(C)(C)C)c1cccc(-c2cc(COc3ccccc3CC(=O)OC(C)(C)C)cc(OCc3cncn3C)c2)c1F. The molecule has 1 amide bonds. The van der Waals surface area contributed by atoms with Crippen molar-refractivity contribution in [3.8, 4) is 22.6 Å². The van der Waals surface area contributed by atoms with Crippen LogP contribution in [0, 0.1) is 5.82 Å². The third kappa shape index (κ3) is 10.3. The first-order valence-electron chi connectivity index (χ1n) is 15.5. The van der Waals surface area contributed by atoms with Crippen LogP contribution in [0.15, 0.2) is 73.2 Å². The van der Waals surface area contributed by atoms with Gasteiger partial charge in [-0.3, -0.25) is 4.79 Å². The molecule has 1 aromatic heterocycles. The number of alkyl carbamates (subject to hydrolysis) is 1. The molecule has 9 nitrogen and oxygen atoms in total. The molecule has 47 heavy (non-hydrogen) atoms. The van der Waals surface area contributed by atoms with Gasteiger partial charge in [0.1, 0.15) is 41.7 Å². The minimum absolute atomic E-state index is 0.0556. The molecule has 250 valence electrons. The van der Waals surface area contributed by atoms with Crippen molar-refractivity contribution in [2.24, 2.45) is 7.05 Å². The van der Waals surface area contributed by atoms with Gasteiger partial charge >= 0.3 is 12.1 Å². The fourth-order valence-electron chi connectivity index (χ4n) is 4.82. The lowest BCUT2D eigenvalue weighted by atomic mass is 9.97. The van der Waals surface area contributed by atoms with Crippen molar-refractivity contribution < 1.29 is 32.9 Å². The second-order valence-electron chi connectivity index (χ2n) is 13.4. The molecule has 4 rings (SSSR count). The molecule has 0 radical (unpaired) electrons. The number of ether oxygens (including phenoxy) is 4. The van der Waals surface area contributed by atoms with E-state index in [9.17, 15) is 9.59 Å². The number of esters is 1. The van der Waals surface area contributed by atoms with E-state index in [0.29, 0.717) is 33.8 Å². The van der Waals surface area contributed by atoms with Crippen LogP contribution in [0.2, 0.25) is 0 Å². The molecule has 0 saturated heterocycles. The number of carbonyl (C=O) groups is 2. The van der Waals surface area contributed by atoms with Crippen LogP contribution in [0.25, 0.3) is 11.1 Å². The highest BCUT2D eigenvalue weighted by Gasteiger charge is 2.22. The van der Waals surface area contributed by atoms with Gasteiger partial charge in [-0.15, -0.1) is 0 Å². The van der Waals surface area contributed by atoms with Crippen molar-refractivity contribution in [2.45, 2.75) is 85.3 Å². The van der Waals surface area contributed by atoms with Crippen LogP contribution < -0.4 is 14.8 Å². The lowest BCUT2D eigenvalue weighted by molar-refractivity contribution is -0.153. The highest BCUT2D eigenvalue weighted by molar-refractivity contribution is 5.74. The molecule has 0 fully saturated rings. The second-order valence-corrected chi connectivity index (χ2v) is 13.4. The molecule has 0 saturated carbocycles. The number of hydrogen-bond acceptors (Lipinski definition) is 7. The van der Waals surface area contributed by atoms with Crippen LogP contribution in [-0.2, 0) is 41.0 Å². The average molecular weight is 646 g/mol. The molecule has 3 aromatic carbocycles. The Morgan fingerprint density at radius 1 is 0.915 bits per heavy atom. The number of nitrogens with one attached hydrogen (secondary N) is 1. The smallest absolute Gasteiger partial charge is 0.408 e. The Bertz CT molecular complexity index is 1700. The number of amides is 1. The minimum Gasteiger partial charge on any atom is -0.489 e. The predicted molar refractivity (Wildman–Crippen MR) is 177 cm³/mol. The van der Waals surface area contributed by atoms with E-state index in [-0.39, 0.29) is 25.6 Å². The number of para-hydroxylation sites is 1. The zero-order valence-corrected chi connectivity index (χ0v) is 28.3. The highest BCUT2D eigenvalue weighted by atomic mass is 19.1. The van der Waals surface area contributed by atoms with Gasteiger partial charge in [0, 0.05) is 23.7 Å². The maximum absolute atomic E-state index is 16.1. The maximum Gasteiger partial charge on any atom is 0.408 e. The predicted octanol–water partition coefficient (Wildman–Crippen LogP) is 7.85. The average Bonchev–Trinajstić information content (AvgIpc) is 3.38. The Labute approximate surface area is 276 Å². The summed E-state index contributed by atoms with van der Waals surface area (Å²) in [6.07, 6.45) is 2.83. The molecule has 0 aliphatic heterocycles. The van der Waals surface area contributed by atoms with Crippen LogP contribution in [-0.4, -0.2) is 32.8 Å². The van der Waals surface area contributed by atoms with E-state index in [4.69, 9.17) is 18.9 Å². The number of imidazole rings is 1. The minimum atomic E-state index is -0.686. The van der Waals surface area contributed by atoms with Crippen molar-refractivity contribution >= 4 is 12.1 Å². The van der Waals surface area contributed by atoms with Gasteiger partial charge in [-0.05, 0) is 83.9 Å². The number of aryl methyl sites for hydroxylation is 1. The largest absolute Gasteiger partial charge is 0.489 e. The van der Waals surface area contributed by atoms with E-state index in [1.807, 2.05) is 62.7 Å². The number of hydrogen-bond donors (Lipinski definition) is 1. The van der Waals surface area contributed by atoms with Crippen LogP contribution in [0.1, 0.15) is 76.9 Å². The molecular formula is C37H44FN3O6. The number of rotatable bonds is 11. The first-order chi connectivity index (χ1) is 22.1. The molecule has 0 bridgehead atoms. The monoisotopic (exact) mass is 645 g/mol. The highest BCUT2D eigenvalue weighted by Crippen LogP contribution is 2.33. The summed E-state index contributed by atoms with van der Waals surface area (Å²) in [6, 6.07) is 17.1. The van der Waals surface area contributed by atoms with E-state index >= 15 is 4.39 Å². The van der Waals surface area contributed by atoms with Gasteiger partial charge in [0.05, 0.1) is 30.7 Å². The van der Waals surface area contributed by atoms with Gasteiger partial charge in [0.25, 0.3) is 0 Å². The van der Waals surface area contributed by atoms with Gasteiger partial charge in [-0.2, -0.15) is 0 Å². The standard InChI is InChI=1S/C37H44FN3O6/c1-24(40-35(43)47-37(5,6)7)30-13-11-14-31(34(30)38)27-16-25(17-29(18-27)44-22-28-20-39-23-41(28)8)21-45-32-15-10-9-12-26(32)19-33(42)46-36(2,3)4/h9-18,20,23-24H,19,21-22H2,1-8H3,(H,40,43)/t24-/m1/s1. The number of nitrogens with zero attached hydrogens (tertiary/aromatic N) is 2. The van der Waals surface area contributed by atoms with E-state index in [1.54, 1.807) is 70.6 Å². The first kappa shape index (κ1) is 35.0. The Kier molecular flexibility index (Phi) is 11.0. The maximum atomic E-state index is 16.1. The molecule has 10 heteroatoms. The third-order valence-corrected chi connectivity index (χ3v) is 6.93. The molecule has 1 atom stereocenters. The van der Waals surface area contributed by atoms with E-state index in [2.05, 4.69) is 10.3 Å². The Morgan fingerprint density at radius 3 is 2.32 bits per heavy atom. The third-order valence-electron chi connectivity index (χ3n) is 6.93. The fourth-order valence-corrected chi connectivity index (χ4v) is 4.82. The number of benzene rings is 3. The van der Waals surface area contributed by atoms with Crippen molar-refractivity contribution in [3.63, 3.8) is 0 Å². The summed E-state index contributed by atoms with van der Waals surface area (Å²) in [4.78, 5) is 29.1. The summed E-state index contributed by atoms with van der Waals surface area (Å²) in [5.74, 6) is 0.215. The summed E-state index contributed by atoms with van der Waals surface area (Å²) in [5.41, 5.74) is 2.19. The lowest BCUT2D eigenvalue weighted by Gasteiger charge is -2.22. The summed E-state index contributed by atoms with van der Waals surface area (Å²) < 4.78 is 41.2. The summed E-state index contributed by atoms with van der Waals surface area (Å²) in [6.45, 7) is 12.8. The van der Waals surface area contributed by atoms with Crippen molar-refractivity contribution in [1.82, 2.24) is 14.9 Å². The van der Waals surface area contributed by atoms with E-state index in [0.717, 1.165) is 11.3 Å².